The van der Waals surface area contributed by atoms with Crippen molar-refractivity contribution in [2.45, 2.75) is 18.3 Å². The van der Waals surface area contributed by atoms with Crippen molar-refractivity contribution in [2.75, 3.05) is 20.0 Å². The van der Waals surface area contributed by atoms with Crippen molar-refractivity contribution in [2.24, 2.45) is 0 Å². The lowest BCUT2D eigenvalue weighted by atomic mass is 10.1. The van der Waals surface area contributed by atoms with E-state index < -0.39 is 12.0 Å². The summed E-state index contributed by atoms with van der Waals surface area (Å²) in [4.78, 5) is 25.3. The molecule has 1 amide bonds. The first-order valence-electron chi connectivity index (χ1n) is 6.38. The number of nitrogens with zero attached hydrogens (tertiary/aromatic N) is 1. The van der Waals surface area contributed by atoms with Crippen molar-refractivity contribution in [1.82, 2.24) is 4.90 Å². The van der Waals surface area contributed by atoms with Gasteiger partial charge in [-0.2, -0.15) is 0 Å². The minimum Gasteiger partial charge on any atom is -0.497 e. The maximum Gasteiger partial charge on any atom is 0.327 e. The molecule has 1 aromatic carbocycles. The van der Waals surface area contributed by atoms with Gasteiger partial charge in [-0.25, -0.2) is 4.79 Å². The highest BCUT2D eigenvalue weighted by Crippen LogP contribution is 2.32. The van der Waals surface area contributed by atoms with E-state index in [4.69, 9.17) is 9.47 Å². The van der Waals surface area contributed by atoms with Crippen LogP contribution in [0.4, 0.5) is 0 Å². The summed E-state index contributed by atoms with van der Waals surface area (Å²) in [6, 6.07) is 4.02. The molecule has 2 unspecified atom stereocenters. The van der Waals surface area contributed by atoms with E-state index in [9.17, 15) is 14.7 Å². The standard InChI is InChI=1S/C14H17NO5S/c1-8-15(12(7-21-8)14(17)18)13(16)9-4-10(19-2)6-11(5-9)20-3/h4-6,8,12H,7H2,1-3H3,(H,17,18). The lowest BCUT2D eigenvalue weighted by Crippen LogP contribution is -2.44. The number of ether oxygens (including phenoxy) is 2. The third-order valence-electron chi connectivity index (χ3n) is 3.34. The Labute approximate surface area is 127 Å². The van der Waals surface area contributed by atoms with Crippen molar-refractivity contribution < 1.29 is 24.2 Å². The minimum absolute atomic E-state index is 0.184. The third kappa shape index (κ3) is 3.07. The molecular formula is C14H17NO5S. The number of rotatable bonds is 4. The van der Waals surface area contributed by atoms with Crippen molar-refractivity contribution in [3.05, 3.63) is 23.8 Å². The van der Waals surface area contributed by atoms with E-state index >= 15 is 0 Å². The topological polar surface area (TPSA) is 76.1 Å². The number of carboxylic acids is 1. The molecule has 6 nitrogen and oxygen atoms in total. The van der Waals surface area contributed by atoms with Gasteiger partial charge >= 0.3 is 5.97 Å². The van der Waals surface area contributed by atoms with E-state index in [0.717, 1.165) is 0 Å². The Balaban J connectivity index is 2.36. The first-order chi connectivity index (χ1) is 9.97. The Hall–Kier alpha value is -1.89. The average Bonchev–Trinajstić information content (AvgIpc) is 2.87. The number of amides is 1. The Bertz CT molecular complexity index is 540. The van der Waals surface area contributed by atoms with Gasteiger partial charge in [0.15, 0.2) is 0 Å². The first kappa shape index (κ1) is 15.5. The van der Waals surface area contributed by atoms with Gasteiger partial charge in [0.05, 0.1) is 19.6 Å². The highest BCUT2D eigenvalue weighted by Gasteiger charge is 2.39. The lowest BCUT2D eigenvalue weighted by Gasteiger charge is -2.25. The van der Waals surface area contributed by atoms with Crippen molar-refractivity contribution in [1.29, 1.82) is 0 Å². The zero-order valence-electron chi connectivity index (χ0n) is 12.0. The van der Waals surface area contributed by atoms with Crippen LogP contribution in [0.1, 0.15) is 17.3 Å². The fraction of sp³-hybridized carbons (Fsp3) is 0.429. The van der Waals surface area contributed by atoms with Crippen molar-refractivity contribution in [3.63, 3.8) is 0 Å². The highest BCUT2D eigenvalue weighted by molar-refractivity contribution is 8.00. The average molecular weight is 311 g/mol. The van der Waals surface area contributed by atoms with Crippen LogP contribution in [0.5, 0.6) is 11.5 Å². The molecule has 1 aromatic rings. The third-order valence-corrected chi connectivity index (χ3v) is 4.56. The van der Waals surface area contributed by atoms with Crippen LogP contribution in [0.3, 0.4) is 0 Å². The second-order valence-corrected chi connectivity index (χ2v) is 5.95. The van der Waals surface area contributed by atoms with E-state index in [-0.39, 0.29) is 11.3 Å². The van der Waals surface area contributed by atoms with E-state index in [0.29, 0.717) is 22.8 Å². The van der Waals surface area contributed by atoms with Gasteiger partial charge in [0.25, 0.3) is 5.91 Å². The number of aliphatic carboxylic acids is 1. The molecule has 0 radical (unpaired) electrons. The number of thioether (sulfide) groups is 1. The second kappa shape index (κ2) is 6.26. The molecule has 1 fully saturated rings. The summed E-state index contributed by atoms with van der Waals surface area (Å²) in [6.45, 7) is 1.82. The zero-order valence-corrected chi connectivity index (χ0v) is 12.8. The number of hydrogen-bond donors (Lipinski definition) is 1. The maximum absolute atomic E-state index is 12.6. The molecule has 0 aromatic heterocycles. The Morgan fingerprint density at radius 2 is 1.81 bits per heavy atom. The summed E-state index contributed by atoms with van der Waals surface area (Å²) in [5, 5.41) is 9.06. The molecule has 1 saturated heterocycles. The summed E-state index contributed by atoms with van der Waals surface area (Å²) >= 11 is 1.45. The normalized spacial score (nSPS) is 21.2. The van der Waals surface area contributed by atoms with Gasteiger partial charge in [0, 0.05) is 17.4 Å². The molecular weight excluding hydrogens is 294 g/mol. The molecule has 1 heterocycles. The maximum atomic E-state index is 12.6. The molecule has 0 bridgehead atoms. The summed E-state index contributed by atoms with van der Waals surface area (Å²) in [5.74, 6) is 0.0453. The van der Waals surface area contributed by atoms with Gasteiger partial charge in [-0.15, -0.1) is 11.8 Å². The minimum atomic E-state index is -0.991. The first-order valence-corrected chi connectivity index (χ1v) is 7.43. The van der Waals surface area contributed by atoms with E-state index in [1.807, 2.05) is 6.92 Å². The molecule has 1 aliphatic rings. The van der Waals surface area contributed by atoms with Crippen LogP contribution in [0.15, 0.2) is 18.2 Å². The second-order valence-electron chi connectivity index (χ2n) is 4.60. The Kier molecular flexibility index (Phi) is 4.62. The summed E-state index contributed by atoms with van der Waals surface area (Å²) in [5.41, 5.74) is 0.354. The summed E-state index contributed by atoms with van der Waals surface area (Å²) < 4.78 is 10.3. The van der Waals surface area contributed by atoms with Gasteiger partial charge in [0.2, 0.25) is 0 Å². The molecule has 1 aliphatic heterocycles. The van der Waals surface area contributed by atoms with E-state index in [2.05, 4.69) is 0 Å². The van der Waals surface area contributed by atoms with Gasteiger partial charge in [-0.1, -0.05) is 0 Å². The number of hydrogen-bond acceptors (Lipinski definition) is 5. The fourth-order valence-electron chi connectivity index (χ4n) is 2.22. The summed E-state index contributed by atoms with van der Waals surface area (Å²) in [7, 11) is 2.99. The van der Waals surface area contributed by atoms with Crippen LogP contribution in [0.25, 0.3) is 0 Å². The van der Waals surface area contributed by atoms with E-state index in [1.54, 1.807) is 18.2 Å². The predicted molar refractivity (Wildman–Crippen MR) is 79.1 cm³/mol. The van der Waals surface area contributed by atoms with Crippen molar-refractivity contribution >= 4 is 23.6 Å². The van der Waals surface area contributed by atoms with E-state index in [1.165, 1.54) is 30.9 Å². The molecule has 0 spiro atoms. The van der Waals surface area contributed by atoms with Crippen LogP contribution in [0.2, 0.25) is 0 Å². The predicted octanol–water partition coefficient (Wildman–Crippen LogP) is 1.69. The SMILES string of the molecule is COc1cc(OC)cc(C(=O)N2C(C)SCC2C(=O)O)c1. The Morgan fingerprint density at radius 1 is 1.24 bits per heavy atom. The largest absolute Gasteiger partial charge is 0.497 e. The van der Waals surface area contributed by atoms with Gasteiger partial charge in [-0.05, 0) is 19.1 Å². The van der Waals surface area contributed by atoms with Gasteiger partial charge in [0.1, 0.15) is 17.5 Å². The van der Waals surface area contributed by atoms with Crippen LogP contribution in [-0.2, 0) is 4.79 Å². The quantitative estimate of drug-likeness (QED) is 0.912. The van der Waals surface area contributed by atoms with Crippen LogP contribution in [0, 0.1) is 0 Å². The van der Waals surface area contributed by atoms with Gasteiger partial charge in [-0.3, -0.25) is 4.79 Å². The summed E-state index contributed by atoms with van der Waals surface area (Å²) in [6.07, 6.45) is 0. The number of benzene rings is 1. The number of carboxylic acid groups (broad SMARTS) is 1. The molecule has 21 heavy (non-hydrogen) atoms. The monoisotopic (exact) mass is 311 g/mol. The van der Waals surface area contributed by atoms with Crippen LogP contribution >= 0.6 is 11.8 Å². The molecule has 2 rings (SSSR count). The molecule has 0 aliphatic carbocycles. The fourth-order valence-corrected chi connectivity index (χ4v) is 3.39. The molecule has 0 saturated carbocycles. The lowest BCUT2D eigenvalue weighted by molar-refractivity contribution is -0.141. The number of methoxy groups -OCH3 is 2. The Morgan fingerprint density at radius 3 is 2.29 bits per heavy atom. The molecule has 1 N–H and O–H groups in total. The molecule has 114 valence electrons. The molecule has 2 atom stereocenters. The smallest absolute Gasteiger partial charge is 0.327 e. The zero-order chi connectivity index (χ0) is 15.6. The van der Waals surface area contributed by atoms with Crippen LogP contribution in [-0.4, -0.2) is 53.3 Å². The van der Waals surface area contributed by atoms with Crippen LogP contribution < -0.4 is 9.47 Å². The molecule has 7 heteroatoms. The van der Waals surface area contributed by atoms with Crippen molar-refractivity contribution in [3.8, 4) is 11.5 Å². The number of carbonyl (C=O) groups excluding carboxylic acids is 1. The number of carbonyl (C=O) groups is 2. The highest BCUT2D eigenvalue weighted by atomic mass is 32.2. The van der Waals surface area contributed by atoms with Gasteiger partial charge < -0.3 is 19.5 Å².